The number of carboxylic acid groups (broad SMARTS) is 1. The number of carboxylic acids is 1. The Kier molecular flexibility index (Phi) is 10.3. The van der Waals surface area contributed by atoms with E-state index in [-0.39, 0.29) is 24.1 Å². The molecule has 178 valence electrons. The maximum atomic E-state index is 12.6. The lowest BCUT2D eigenvalue weighted by atomic mass is 9.94. The molecule has 0 aromatic heterocycles. The van der Waals surface area contributed by atoms with E-state index in [1.54, 1.807) is 24.3 Å². The van der Waals surface area contributed by atoms with Crippen LogP contribution in [0.3, 0.4) is 0 Å². The van der Waals surface area contributed by atoms with E-state index in [0.29, 0.717) is 6.54 Å². The van der Waals surface area contributed by atoms with Gasteiger partial charge < -0.3 is 10.4 Å². The molecule has 5 nitrogen and oxygen atoms in total. The van der Waals surface area contributed by atoms with Crippen molar-refractivity contribution in [2.45, 2.75) is 53.1 Å². The first-order valence-corrected chi connectivity index (χ1v) is 11.6. The molecule has 1 atom stereocenters. The number of aryl methyl sites for hydroxylation is 2. The van der Waals surface area contributed by atoms with Gasteiger partial charge in [0.05, 0.1) is 18.2 Å². The van der Waals surface area contributed by atoms with Gasteiger partial charge in [-0.05, 0) is 78.8 Å². The fourth-order valence-electron chi connectivity index (χ4n) is 4.00. The lowest BCUT2D eigenvalue weighted by Crippen LogP contribution is -2.36. The van der Waals surface area contributed by atoms with Gasteiger partial charge in [0.2, 0.25) is 5.91 Å². The number of fused-ring (bicyclic) bond motifs is 1. The number of benzene rings is 2. The zero-order valence-corrected chi connectivity index (χ0v) is 20.4. The molecule has 2 aromatic rings. The number of terminal acetylenes is 1. The number of allylic oxidation sites excluding steroid dienone is 2. The molecule has 0 radical (unpaired) electrons. The summed E-state index contributed by atoms with van der Waals surface area (Å²) in [7, 11) is 0. The number of carbonyl (C=O) groups excluding carboxylic acids is 1. The fourth-order valence-corrected chi connectivity index (χ4v) is 4.00. The Bertz CT molecular complexity index is 1120. The Morgan fingerprint density at radius 2 is 1.88 bits per heavy atom. The van der Waals surface area contributed by atoms with Gasteiger partial charge in [0.1, 0.15) is 0 Å². The van der Waals surface area contributed by atoms with Crippen LogP contribution in [0.25, 0.3) is 0 Å². The molecule has 0 fully saturated rings. The molecule has 5 heteroatoms. The van der Waals surface area contributed by atoms with Crippen LogP contribution >= 0.6 is 0 Å². The Balaban J connectivity index is 0.00000199. The summed E-state index contributed by atoms with van der Waals surface area (Å²) in [6.07, 6.45) is 11.0. The molecule has 1 amide bonds. The predicted octanol–water partition coefficient (Wildman–Crippen LogP) is 5.12. The van der Waals surface area contributed by atoms with E-state index in [1.807, 2.05) is 39.0 Å². The van der Waals surface area contributed by atoms with Crippen LogP contribution in [0.5, 0.6) is 0 Å². The topological polar surface area (TPSA) is 78.4 Å². The van der Waals surface area contributed by atoms with Crippen molar-refractivity contribution in [1.29, 1.82) is 0 Å². The number of aromatic carboxylic acids is 1. The maximum absolute atomic E-state index is 12.6. The number of hydrogen-bond acceptors (Lipinski definition) is 3. The summed E-state index contributed by atoms with van der Waals surface area (Å²) in [4.78, 5) is 23.7. The lowest BCUT2D eigenvalue weighted by molar-refractivity contribution is -0.120. The third-order valence-electron chi connectivity index (χ3n) is 5.83. The van der Waals surface area contributed by atoms with Crippen LogP contribution < -0.4 is 10.6 Å². The summed E-state index contributed by atoms with van der Waals surface area (Å²) in [5, 5.41) is 15.4. The quantitative estimate of drug-likeness (QED) is 0.503. The minimum Gasteiger partial charge on any atom is -0.478 e. The summed E-state index contributed by atoms with van der Waals surface area (Å²) in [6.45, 7) is 8.44. The highest BCUT2D eigenvalue weighted by Crippen LogP contribution is 2.33. The summed E-state index contributed by atoms with van der Waals surface area (Å²) < 4.78 is 0. The first-order valence-electron chi connectivity index (χ1n) is 11.6. The molecule has 0 saturated heterocycles. The van der Waals surface area contributed by atoms with E-state index >= 15 is 0 Å². The van der Waals surface area contributed by atoms with Gasteiger partial charge in [-0.15, -0.1) is 6.42 Å². The monoisotopic (exact) mass is 458 g/mol. The average molecular weight is 459 g/mol. The highest BCUT2D eigenvalue weighted by molar-refractivity contribution is 5.88. The largest absolute Gasteiger partial charge is 0.478 e. The number of carbonyl (C=O) groups is 2. The van der Waals surface area contributed by atoms with Crippen LogP contribution in [-0.2, 0) is 17.8 Å². The summed E-state index contributed by atoms with van der Waals surface area (Å²) in [6, 6.07) is 13.1. The van der Waals surface area contributed by atoms with Crippen molar-refractivity contribution in [2.24, 2.45) is 0 Å². The van der Waals surface area contributed by atoms with Gasteiger partial charge in [-0.1, -0.05) is 55.7 Å². The second kappa shape index (κ2) is 13.2. The second-order valence-corrected chi connectivity index (χ2v) is 7.97. The van der Waals surface area contributed by atoms with Crippen LogP contribution in [0.4, 0.5) is 0 Å². The van der Waals surface area contributed by atoms with Gasteiger partial charge in [-0.2, -0.15) is 0 Å². The molecule has 0 saturated carbocycles. The zero-order valence-electron chi connectivity index (χ0n) is 20.4. The van der Waals surface area contributed by atoms with Gasteiger partial charge in [-0.3, -0.25) is 10.1 Å². The van der Waals surface area contributed by atoms with Crippen molar-refractivity contribution < 1.29 is 14.7 Å². The van der Waals surface area contributed by atoms with Crippen molar-refractivity contribution in [3.8, 4) is 12.3 Å². The number of nitrogens with one attached hydrogen (secondary N) is 2. The Morgan fingerprint density at radius 3 is 2.56 bits per heavy atom. The molecule has 1 unspecified atom stereocenters. The molecule has 0 aliphatic heterocycles. The van der Waals surface area contributed by atoms with Crippen molar-refractivity contribution in [1.82, 2.24) is 10.6 Å². The van der Waals surface area contributed by atoms with E-state index in [0.717, 1.165) is 35.1 Å². The van der Waals surface area contributed by atoms with Crippen LogP contribution in [0.15, 0.2) is 65.8 Å². The molecule has 1 aliphatic rings. The molecule has 0 spiro atoms. The van der Waals surface area contributed by atoms with Gasteiger partial charge in [-0.25, -0.2) is 4.79 Å². The van der Waals surface area contributed by atoms with Gasteiger partial charge in [0.25, 0.3) is 0 Å². The molecule has 2 aromatic carbocycles. The van der Waals surface area contributed by atoms with Crippen LogP contribution in [-0.4, -0.2) is 23.5 Å². The Labute approximate surface area is 203 Å². The molecule has 0 bridgehead atoms. The van der Waals surface area contributed by atoms with Crippen LogP contribution in [0.2, 0.25) is 0 Å². The number of rotatable bonds is 7. The molecule has 3 rings (SSSR count). The molecule has 3 N–H and O–H groups in total. The summed E-state index contributed by atoms with van der Waals surface area (Å²) in [5.41, 5.74) is 6.73. The fraction of sp³-hybridized carbons (Fsp3) is 0.310. The molecular formula is C29H34N2O3. The highest BCUT2D eigenvalue weighted by Gasteiger charge is 2.23. The first-order chi connectivity index (χ1) is 16.4. The molecular weight excluding hydrogens is 424 g/mol. The number of amides is 1. The average Bonchev–Trinajstić information content (AvgIpc) is 2.98. The Hall–Kier alpha value is -3.62. The van der Waals surface area contributed by atoms with Gasteiger partial charge in [0, 0.05) is 6.54 Å². The Morgan fingerprint density at radius 1 is 1.15 bits per heavy atom. The molecule has 0 heterocycles. The van der Waals surface area contributed by atoms with Crippen LogP contribution in [0.1, 0.15) is 65.8 Å². The maximum Gasteiger partial charge on any atom is 0.335 e. The van der Waals surface area contributed by atoms with Gasteiger partial charge in [0.15, 0.2) is 0 Å². The number of hydrogen-bond donors (Lipinski definition) is 3. The van der Waals surface area contributed by atoms with E-state index in [1.165, 1.54) is 11.1 Å². The lowest BCUT2D eigenvalue weighted by Gasteiger charge is -2.22. The van der Waals surface area contributed by atoms with Crippen molar-refractivity contribution in [2.75, 3.05) is 6.54 Å². The first kappa shape index (κ1) is 26.6. The standard InChI is InChI=1S/C27H28N2O3.C2H6/c1-4-5-9-23-18(2)11-12-20-8-6-7-10-24(20)26(23)29-17-25(30)28-16-22-14-13-21(27(31)32)15-19(22)3;1-2/h1,5-10,13-15,26,29H,11-12,16-17H2,2-3H3,(H,28,30)(H,31,32);1-2H3/b9-5-;. The van der Waals surface area contributed by atoms with E-state index < -0.39 is 5.97 Å². The zero-order chi connectivity index (χ0) is 25.1. The molecule has 1 aliphatic carbocycles. The van der Waals surface area contributed by atoms with Crippen molar-refractivity contribution >= 4 is 11.9 Å². The SMILES string of the molecule is C#C/C=C\C1=C(C)CCc2ccccc2C1NCC(=O)NCc1ccc(C(=O)O)cc1C.CC. The van der Waals surface area contributed by atoms with Crippen molar-refractivity contribution in [3.05, 3.63) is 93.6 Å². The van der Waals surface area contributed by atoms with Crippen molar-refractivity contribution in [3.63, 3.8) is 0 Å². The highest BCUT2D eigenvalue weighted by atomic mass is 16.4. The van der Waals surface area contributed by atoms with E-state index in [9.17, 15) is 9.59 Å². The molecule has 34 heavy (non-hydrogen) atoms. The predicted molar refractivity (Wildman–Crippen MR) is 138 cm³/mol. The van der Waals surface area contributed by atoms with E-state index in [4.69, 9.17) is 11.5 Å². The minimum atomic E-state index is -0.963. The summed E-state index contributed by atoms with van der Waals surface area (Å²) in [5.74, 6) is 1.47. The van der Waals surface area contributed by atoms with Crippen LogP contribution in [0, 0.1) is 19.3 Å². The minimum absolute atomic E-state index is 0.124. The normalized spacial score (nSPS) is 15.0. The third-order valence-corrected chi connectivity index (χ3v) is 5.83. The summed E-state index contributed by atoms with van der Waals surface area (Å²) >= 11 is 0. The smallest absolute Gasteiger partial charge is 0.335 e. The van der Waals surface area contributed by atoms with E-state index in [2.05, 4.69) is 35.6 Å². The second-order valence-electron chi connectivity index (χ2n) is 7.97. The van der Waals surface area contributed by atoms with Gasteiger partial charge >= 0.3 is 5.97 Å². The third kappa shape index (κ3) is 6.94.